The summed E-state index contributed by atoms with van der Waals surface area (Å²) in [5.41, 5.74) is -0.519. The maximum absolute atomic E-state index is 14.1. The molecule has 1 atom stereocenters. The number of hydrogen-bond donors (Lipinski definition) is 2. The summed E-state index contributed by atoms with van der Waals surface area (Å²) < 4.78 is 19.4. The van der Waals surface area contributed by atoms with Crippen LogP contribution in [0.2, 0.25) is 5.02 Å². The molecule has 2 N–H and O–H groups in total. The topological polar surface area (TPSA) is 50.4 Å². The SMILES string of the molecule is CC(C)(NC(=O)[C@@H]1CNCCO1)c1cccc(Cl)c1F. The van der Waals surface area contributed by atoms with Crippen molar-refractivity contribution in [1.82, 2.24) is 10.6 Å². The van der Waals surface area contributed by atoms with Crippen molar-refractivity contribution in [3.63, 3.8) is 0 Å². The molecule has 1 aromatic carbocycles. The lowest BCUT2D eigenvalue weighted by Gasteiger charge is -2.31. The zero-order chi connectivity index (χ0) is 14.8. The van der Waals surface area contributed by atoms with E-state index in [1.54, 1.807) is 26.0 Å². The highest BCUT2D eigenvalue weighted by molar-refractivity contribution is 6.30. The summed E-state index contributed by atoms with van der Waals surface area (Å²) in [6.45, 7) is 5.14. The first-order valence-electron chi connectivity index (χ1n) is 6.50. The average Bonchev–Trinajstić information content (AvgIpc) is 2.42. The first-order chi connectivity index (χ1) is 9.42. The van der Waals surface area contributed by atoms with Crippen molar-refractivity contribution in [2.45, 2.75) is 25.5 Å². The maximum Gasteiger partial charge on any atom is 0.251 e. The fourth-order valence-corrected chi connectivity index (χ4v) is 2.35. The maximum atomic E-state index is 14.1. The van der Waals surface area contributed by atoms with Gasteiger partial charge in [-0.15, -0.1) is 0 Å². The number of benzene rings is 1. The molecule has 1 heterocycles. The monoisotopic (exact) mass is 300 g/mol. The molecule has 1 aliphatic heterocycles. The molecule has 0 spiro atoms. The van der Waals surface area contributed by atoms with Crippen LogP contribution in [-0.2, 0) is 15.1 Å². The first-order valence-corrected chi connectivity index (χ1v) is 6.88. The van der Waals surface area contributed by atoms with E-state index in [-0.39, 0.29) is 10.9 Å². The van der Waals surface area contributed by atoms with Gasteiger partial charge in [0.15, 0.2) is 0 Å². The molecule has 2 rings (SSSR count). The van der Waals surface area contributed by atoms with Gasteiger partial charge in [-0.2, -0.15) is 0 Å². The minimum atomic E-state index is -0.868. The van der Waals surface area contributed by atoms with E-state index in [1.807, 2.05) is 0 Å². The zero-order valence-corrected chi connectivity index (χ0v) is 12.3. The quantitative estimate of drug-likeness (QED) is 0.895. The summed E-state index contributed by atoms with van der Waals surface area (Å²) in [5, 5.41) is 5.93. The van der Waals surface area contributed by atoms with E-state index < -0.39 is 17.5 Å². The van der Waals surface area contributed by atoms with Gasteiger partial charge in [0.1, 0.15) is 11.9 Å². The highest BCUT2D eigenvalue weighted by Gasteiger charge is 2.31. The number of ether oxygens (including phenoxy) is 1. The fourth-order valence-electron chi connectivity index (χ4n) is 2.18. The summed E-state index contributed by atoms with van der Waals surface area (Å²) in [4.78, 5) is 12.2. The molecule has 4 nitrogen and oxygen atoms in total. The Morgan fingerprint density at radius 1 is 1.55 bits per heavy atom. The van der Waals surface area contributed by atoms with Crippen molar-refractivity contribution in [2.75, 3.05) is 19.7 Å². The molecule has 0 bridgehead atoms. The molecule has 1 aliphatic rings. The molecule has 1 amide bonds. The van der Waals surface area contributed by atoms with Crippen LogP contribution in [0, 0.1) is 5.82 Å². The van der Waals surface area contributed by atoms with Crippen molar-refractivity contribution >= 4 is 17.5 Å². The smallest absolute Gasteiger partial charge is 0.251 e. The van der Waals surface area contributed by atoms with Crippen LogP contribution in [0.1, 0.15) is 19.4 Å². The predicted molar refractivity (Wildman–Crippen MR) is 75.2 cm³/mol. The molecule has 1 saturated heterocycles. The average molecular weight is 301 g/mol. The molecule has 0 unspecified atom stereocenters. The van der Waals surface area contributed by atoms with E-state index in [0.29, 0.717) is 18.7 Å². The number of morpholine rings is 1. The van der Waals surface area contributed by atoms with Crippen molar-refractivity contribution in [2.24, 2.45) is 0 Å². The van der Waals surface area contributed by atoms with Gasteiger partial charge in [-0.25, -0.2) is 4.39 Å². The van der Waals surface area contributed by atoms with Crippen molar-refractivity contribution in [3.8, 4) is 0 Å². The number of nitrogens with one attached hydrogen (secondary N) is 2. The van der Waals surface area contributed by atoms with E-state index in [4.69, 9.17) is 16.3 Å². The van der Waals surface area contributed by atoms with Gasteiger partial charge in [0.25, 0.3) is 5.91 Å². The van der Waals surface area contributed by atoms with E-state index in [2.05, 4.69) is 10.6 Å². The Labute approximate surface area is 122 Å². The van der Waals surface area contributed by atoms with E-state index in [1.165, 1.54) is 6.07 Å². The molecular formula is C14H18ClFN2O2. The number of hydrogen-bond acceptors (Lipinski definition) is 3. The molecule has 20 heavy (non-hydrogen) atoms. The largest absolute Gasteiger partial charge is 0.366 e. The number of rotatable bonds is 3. The van der Waals surface area contributed by atoms with Crippen LogP contribution in [-0.4, -0.2) is 31.7 Å². The van der Waals surface area contributed by atoms with E-state index >= 15 is 0 Å². The summed E-state index contributed by atoms with van der Waals surface area (Å²) in [6, 6.07) is 4.75. The standard InChI is InChI=1S/C14H18ClFN2O2/c1-14(2,9-4-3-5-10(15)12(9)16)18-13(19)11-8-17-6-7-20-11/h3-5,11,17H,6-8H2,1-2H3,(H,18,19)/t11-/m0/s1. The number of carbonyl (C=O) groups excluding carboxylic acids is 1. The Morgan fingerprint density at radius 2 is 2.30 bits per heavy atom. The van der Waals surface area contributed by atoms with E-state index in [9.17, 15) is 9.18 Å². The van der Waals surface area contributed by atoms with Crippen LogP contribution >= 0.6 is 11.6 Å². The van der Waals surface area contributed by atoms with Crippen LogP contribution in [0.5, 0.6) is 0 Å². The lowest BCUT2D eigenvalue weighted by molar-refractivity contribution is -0.136. The van der Waals surface area contributed by atoms with Crippen LogP contribution in [0.3, 0.4) is 0 Å². The molecule has 0 radical (unpaired) electrons. The minimum Gasteiger partial charge on any atom is -0.366 e. The third-order valence-electron chi connectivity index (χ3n) is 3.28. The van der Waals surface area contributed by atoms with Gasteiger partial charge < -0.3 is 15.4 Å². The second-order valence-corrected chi connectivity index (χ2v) is 5.69. The Bertz CT molecular complexity index is 502. The summed E-state index contributed by atoms with van der Waals surface area (Å²) in [7, 11) is 0. The normalized spacial score (nSPS) is 19.7. The van der Waals surface area contributed by atoms with Gasteiger partial charge in [-0.1, -0.05) is 23.7 Å². The van der Waals surface area contributed by atoms with Gasteiger partial charge >= 0.3 is 0 Å². The Balaban J connectivity index is 2.13. The van der Waals surface area contributed by atoms with Crippen LogP contribution in [0.25, 0.3) is 0 Å². The molecule has 1 fully saturated rings. The van der Waals surface area contributed by atoms with Gasteiger partial charge in [0.05, 0.1) is 17.2 Å². The van der Waals surface area contributed by atoms with Crippen molar-refractivity contribution < 1.29 is 13.9 Å². The van der Waals surface area contributed by atoms with Crippen LogP contribution < -0.4 is 10.6 Å². The first kappa shape index (κ1) is 15.2. The highest BCUT2D eigenvalue weighted by Crippen LogP contribution is 2.27. The minimum absolute atomic E-state index is 0.0420. The molecule has 1 aromatic rings. The Kier molecular flexibility index (Phi) is 4.62. The molecule has 6 heteroatoms. The lowest BCUT2D eigenvalue weighted by atomic mass is 9.93. The molecule has 110 valence electrons. The third kappa shape index (κ3) is 3.29. The Hall–Kier alpha value is -1.17. The van der Waals surface area contributed by atoms with Crippen LogP contribution in [0.15, 0.2) is 18.2 Å². The van der Waals surface area contributed by atoms with Gasteiger partial charge in [-0.05, 0) is 19.9 Å². The molecule has 0 saturated carbocycles. The van der Waals surface area contributed by atoms with E-state index in [0.717, 1.165) is 6.54 Å². The number of amides is 1. The van der Waals surface area contributed by atoms with Crippen LogP contribution in [0.4, 0.5) is 4.39 Å². The summed E-state index contributed by atoms with van der Waals surface area (Å²) in [5.74, 6) is -0.774. The summed E-state index contributed by atoms with van der Waals surface area (Å²) in [6.07, 6.45) is -0.551. The summed E-state index contributed by atoms with van der Waals surface area (Å²) >= 11 is 5.78. The van der Waals surface area contributed by atoms with Gasteiger partial charge in [0.2, 0.25) is 0 Å². The predicted octanol–water partition coefficient (Wildman–Crippen LogP) is 1.82. The third-order valence-corrected chi connectivity index (χ3v) is 3.57. The van der Waals surface area contributed by atoms with Crippen molar-refractivity contribution in [3.05, 3.63) is 34.6 Å². The van der Waals surface area contributed by atoms with Gasteiger partial charge in [0, 0.05) is 18.7 Å². The molecule has 0 aliphatic carbocycles. The number of halogens is 2. The fraction of sp³-hybridized carbons (Fsp3) is 0.500. The molecular weight excluding hydrogens is 283 g/mol. The lowest BCUT2D eigenvalue weighted by Crippen LogP contribution is -2.52. The Morgan fingerprint density at radius 3 is 2.95 bits per heavy atom. The number of carbonyl (C=O) groups is 1. The van der Waals surface area contributed by atoms with Crippen molar-refractivity contribution in [1.29, 1.82) is 0 Å². The molecule has 0 aromatic heterocycles. The highest BCUT2D eigenvalue weighted by atomic mass is 35.5. The second-order valence-electron chi connectivity index (χ2n) is 5.28. The zero-order valence-electron chi connectivity index (χ0n) is 11.5. The van der Waals surface area contributed by atoms with Gasteiger partial charge in [-0.3, -0.25) is 4.79 Å². The second kappa shape index (κ2) is 6.08.